The maximum Gasteiger partial charge on any atom is 0.251 e. The molecule has 2 atom stereocenters. The van der Waals surface area contributed by atoms with Crippen LogP contribution in [0.4, 0.5) is 11.5 Å². The molecule has 4 aliphatic rings. The second kappa shape index (κ2) is 14.1. The van der Waals surface area contributed by atoms with Gasteiger partial charge < -0.3 is 25.0 Å². The van der Waals surface area contributed by atoms with Gasteiger partial charge >= 0.3 is 0 Å². The molecule has 2 aromatic rings. The Morgan fingerprint density at radius 3 is 2.49 bits per heavy atom. The fourth-order valence-electron chi connectivity index (χ4n) is 7.34. The van der Waals surface area contributed by atoms with Crippen molar-refractivity contribution in [1.82, 2.24) is 15.2 Å². The van der Waals surface area contributed by atoms with Crippen LogP contribution in [-0.2, 0) is 16.0 Å². The molecule has 0 spiro atoms. The minimum atomic E-state index is -0.0280. The first-order valence-electron chi connectivity index (χ1n) is 16.4. The lowest BCUT2D eigenvalue weighted by Gasteiger charge is -2.37. The van der Waals surface area contributed by atoms with Crippen LogP contribution in [0.5, 0.6) is 5.75 Å². The molecule has 232 valence electrons. The Morgan fingerprint density at radius 2 is 1.74 bits per heavy atom. The quantitative estimate of drug-likeness (QED) is 0.416. The summed E-state index contributed by atoms with van der Waals surface area (Å²) >= 11 is 0. The number of amides is 2. The van der Waals surface area contributed by atoms with Gasteiger partial charge in [-0.1, -0.05) is 0 Å². The van der Waals surface area contributed by atoms with E-state index in [1.54, 1.807) is 19.2 Å². The smallest absolute Gasteiger partial charge is 0.251 e. The number of hydrogen-bond donors (Lipinski definition) is 2. The summed E-state index contributed by atoms with van der Waals surface area (Å²) in [7, 11) is 1.74. The zero-order valence-electron chi connectivity index (χ0n) is 25.6. The number of rotatable bonds is 10. The van der Waals surface area contributed by atoms with Crippen molar-refractivity contribution < 1.29 is 19.1 Å². The predicted octanol–water partition coefficient (Wildman–Crippen LogP) is 4.66. The van der Waals surface area contributed by atoms with Crippen molar-refractivity contribution in [3.8, 4) is 5.75 Å². The van der Waals surface area contributed by atoms with Crippen LogP contribution in [0.3, 0.4) is 0 Å². The van der Waals surface area contributed by atoms with Crippen molar-refractivity contribution in [3.05, 3.63) is 47.7 Å². The highest BCUT2D eigenvalue weighted by Crippen LogP contribution is 2.35. The van der Waals surface area contributed by atoms with E-state index >= 15 is 0 Å². The van der Waals surface area contributed by atoms with Gasteiger partial charge in [-0.2, -0.15) is 0 Å². The average molecular weight is 590 g/mol. The van der Waals surface area contributed by atoms with Crippen LogP contribution in [0, 0.1) is 11.8 Å². The first-order chi connectivity index (χ1) is 21.0. The SMILES string of the molecule is CO[C@H]1CC[C@H](CC(=O)Nc2ccc(C(=O)NC3CCC(CCN4CCN(c5nccc6c5OCC6)CC4)CC3)cc2)C1. The second-order valence-electron chi connectivity index (χ2n) is 12.9. The number of carbonyl (C=O) groups is 2. The third kappa shape index (κ3) is 7.68. The fourth-order valence-corrected chi connectivity index (χ4v) is 7.34. The number of pyridine rings is 1. The number of hydrogen-bond acceptors (Lipinski definition) is 7. The second-order valence-corrected chi connectivity index (χ2v) is 12.9. The molecular weight excluding hydrogens is 542 g/mol. The number of nitrogens with one attached hydrogen (secondary N) is 2. The van der Waals surface area contributed by atoms with Crippen LogP contribution in [0.15, 0.2) is 36.5 Å². The molecule has 2 amide bonds. The van der Waals surface area contributed by atoms with Gasteiger partial charge in [0.15, 0.2) is 11.6 Å². The van der Waals surface area contributed by atoms with E-state index in [1.807, 2.05) is 18.3 Å². The van der Waals surface area contributed by atoms with E-state index in [0.717, 1.165) is 101 Å². The monoisotopic (exact) mass is 589 g/mol. The van der Waals surface area contributed by atoms with Gasteiger partial charge in [0.05, 0.1) is 12.7 Å². The largest absolute Gasteiger partial charge is 0.489 e. The Balaban J connectivity index is 0.868. The molecule has 1 saturated heterocycles. The van der Waals surface area contributed by atoms with Crippen molar-refractivity contribution in [2.24, 2.45) is 11.8 Å². The average Bonchev–Trinajstić information content (AvgIpc) is 3.71. The van der Waals surface area contributed by atoms with Gasteiger partial charge in [0.1, 0.15) is 0 Å². The van der Waals surface area contributed by atoms with Gasteiger partial charge in [-0.05, 0) is 100 Å². The summed E-state index contributed by atoms with van der Waals surface area (Å²) < 4.78 is 11.3. The zero-order valence-corrected chi connectivity index (χ0v) is 25.6. The molecule has 43 heavy (non-hydrogen) atoms. The third-order valence-corrected chi connectivity index (χ3v) is 10.0. The number of benzene rings is 1. The zero-order chi connectivity index (χ0) is 29.6. The van der Waals surface area contributed by atoms with Gasteiger partial charge in [0, 0.05) is 75.2 Å². The molecular formula is C34H47N5O4. The topological polar surface area (TPSA) is 96.0 Å². The van der Waals surface area contributed by atoms with Crippen LogP contribution >= 0.6 is 0 Å². The highest BCUT2D eigenvalue weighted by molar-refractivity contribution is 5.96. The molecule has 0 unspecified atom stereocenters. The number of ether oxygens (including phenoxy) is 2. The molecule has 9 heteroatoms. The van der Waals surface area contributed by atoms with E-state index in [1.165, 1.54) is 24.8 Å². The summed E-state index contributed by atoms with van der Waals surface area (Å²) in [6.45, 7) is 6.03. The maximum atomic E-state index is 12.9. The minimum Gasteiger partial charge on any atom is -0.489 e. The van der Waals surface area contributed by atoms with E-state index < -0.39 is 0 Å². The summed E-state index contributed by atoms with van der Waals surface area (Å²) in [6.07, 6.45) is 12.4. The van der Waals surface area contributed by atoms with Gasteiger partial charge in [-0.3, -0.25) is 14.5 Å². The molecule has 9 nitrogen and oxygen atoms in total. The minimum absolute atomic E-state index is 0.0280. The summed E-state index contributed by atoms with van der Waals surface area (Å²) in [5, 5.41) is 6.23. The van der Waals surface area contributed by atoms with Crippen molar-refractivity contribution in [2.75, 3.05) is 56.7 Å². The van der Waals surface area contributed by atoms with Crippen molar-refractivity contribution in [1.29, 1.82) is 0 Å². The molecule has 0 bridgehead atoms. The first kappa shape index (κ1) is 29.9. The lowest BCUT2D eigenvalue weighted by molar-refractivity contribution is -0.117. The third-order valence-electron chi connectivity index (χ3n) is 10.0. The van der Waals surface area contributed by atoms with E-state index in [9.17, 15) is 9.59 Å². The lowest BCUT2D eigenvalue weighted by Crippen LogP contribution is -2.47. The summed E-state index contributed by atoms with van der Waals surface area (Å²) in [5.41, 5.74) is 2.66. The van der Waals surface area contributed by atoms with E-state index in [2.05, 4.69) is 31.5 Å². The standard InChI is InChI=1S/C34H47N5O4/c1-42-30-11-4-25(22-30)23-31(40)36-28-9-5-27(6-10-28)34(41)37-29-7-2-24(3-8-29)13-16-38-17-19-39(20-18-38)33-32-26(12-15-35-33)14-21-43-32/h5-6,9-10,12,15,24-25,29-30H,2-4,7-8,11,13-14,16-23H2,1H3,(H,36,40)(H,37,41)/t24?,25-,29?,30-/m0/s1. The van der Waals surface area contributed by atoms with Crippen molar-refractivity contribution in [2.45, 2.75) is 76.4 Å². The molecule has 2 aliphatic heterocycles. The molecule has 2 saturated carbocycles. The molecule has 0 radical (unpaired) electrons. The fraction of sp³-hybridized carbons (Fsp3) is 0.618. The van der Waals surface area contributed by atoms with Gasteiger partial charge in [-0.25, -0.2) is 4.98 Å². The highest BCUT2D eigenvalue weighted by atomic mass is 16.5. The van der Waals surface area contributed by atoms with Crippen LogP contribution in [0.25, 0.3) is 0 Å². The number of anilines is 2. The van der Waals surface area contributed by atoms with Gasteiger partial charge in [-0.15, -0.1) is 0 Å². The molecule has 1 aromatic heterocycles. The Bertz CT molecular complexity index is 1240. The predicted molar refractivity (Wildman–Crippen MR) is 168 cm³/mol. The lowest BCUT2D eigenvalue weighted by atomic mass is 9.84. The van der Waals surface area contributed by atoms with Gasteiger partial charge in [0.2, 0.25) is 5.91 Å². The highest BCUT2D eigenvalue weighted by Gasteiger charge is 2.28. The Kier molecular flexibility index (Phi) is 9.78. The van der Waals surface area contributed by atoms with Crippen LogP contribution in [0.2, 0.25) is 0 Å². The van der Waals surface area contributed by atoms with E-state index in [0.29, 0.717) is 17.9 Å². The van der Waals surface area contributed by atoms with Crippen LogP contribution in [-0.4, -0.2) is 80.3 Å². The normalized spacial score (nSPS) is 25.7. The Hall–Kier alpha value is -3.17. The number of aromatic nitrogens is 1. The van der Waals surface area contributed by atoms with Crippen LogP contribution in [0.1, 0.15) is 73.7 Å². The Morgan fingerprint density at radius 1 is 0.977 bits per heavy atom. The molecule has 2 aliphatic carbocycles. The van der Waals surface area contributed by atoms with E-state index in [4.69, 9.17) is 9.47 Å². The molecule has 2 N–H and O–H groups in total. The number of fused-ring (bicyclic) bond motifs is 1. The number of carbonyl (C=O) groups excluding carboxylic acids is 2. The van der Waals surface area contributed by atoms with Crippen molar-refractivity contribution >= 4 is 23.3 Å². The van der Waals surface area contributed by atoms with E-state index in [-0.39, 0.29) is 24.0 Å². The Labute approximate surface area is 255 Å². The number of methoxy groups -OCH3 is 1. The summed E-state index contributed by atoms with van der Waals surface area (Å²) in [5.74, 6) is 3.13. The summed E-state index contributed by atoms with van der Waals surface area (Å²) in [6, 6.07) is 9.58. The number of piperazine rings is 1. The molecule has 3 heterocycles. The molecule has 3 fully saturated rings. The summed E-state index contributed by atoms with van der Waals surface area (Å²) in [4.78, 5) is 35.0. The molecule has 6 rings (SSSR count). The van der Waals surface area contributed by atoms with Crippen molar-refractivity contribution in [3.63, 3.8) is 0 Å². The molecule has 1 aromatic carbocycles. The van der Waals surface area contributed by atoms with Crippen LogP contribution < -0.4 is 20.3 Å². The van der Waals surface area contributed by atoms with Gasteiger partial charge in [0.25, 0.3) is 5.91 Å². The maximum absolute atomic E-state index is 12.9. The number of nitrogens with zero attached hydrogens (tertiary/aromatic N) is 3. The first-order valence-corrected chi connectivity index (χ1v) is 16.4.